The van der Waals surface area contributed by atoms with Crippen LogP contribution in [0.3, 0.4) is 0 Å². The van der Waals surface area contributed by atoms with E-state index in [-0.39, 0.29) is 23.9 Å². The van der Waals surface area contributed by atoms with E-state index in [1.807, 2.05) is 21.9 Å². The van der Waals surface area contributed by atoms with Crippen LogP contribution in [0, 0.1) is 0 Å². The van der Waals surface area contributed by atoms with Crippen molar-refractivity contribution in [3.63, 3.8) is 0 Å². The van der Waals surface area contributed by atoms with Crippen LogP contribution in [-0.4, -0.2) is 92.1 Å². The molecule has 14 heteroatoms. The summed E-state index contributed by atoms with van der Waals surface area (Å²) in [6.45, 7) is 1.24. The zero-order valence-corrected chi connectivity index (χ0v) is 30.2. The van der Waals surface area contributed by atoms with Crippen molar-refractivity contribution in [3.05, 3.63) is 72.3 Å². The van der Waals surface area contributed by atoms with Gasteiger partial charge in [-0.1, -0.05) is 36.4 Å². The molecule has 2 atom stereocenters. The van der Waals surface area contributed by atoms with E-state index < -0.39 is 23.3 Å². The highest BCUT2D eigenvalue weighted by molar-refractivity contribution is 5.94. The summed E-state index contributed by atoms with van der Waals surface area (Å²) in [5.74, 6) is 1.36. The van der Waals surface area contributed by atoms with Gasteiger partial charge in [-0.2, -0.15) is 0 Å². The van der Waals surface area contributed by atoms with Gasteiger partial charge in [0.15, 0.2) is 0 Å². The molecule has 9 rings (SSSR count). The number of carbonyl (C=O) groups excluding carboxylic acids is 4. The third-order valence-electron chi connectivity index (χ3n) is 11.6. The Morgan fingerprint density at radius 3 is 1.39 bits per heavy atom. The second kappa shape index (κ2) is 12.9. The number of ether oxygens (including phenoxy) is 2. The zero-order valence-electron chi connectivity index (χ0n) is 30.2. The molecule has 4 aliphatic rings. The first-order valence-electron chi connectivity index (χ1n) is 18.6. The van der Waals surface area contributed by atoms with Crippen molar-refractivity contribution >= 4 is 46.1 Å². The lowest BCUT2D eigenvalue weighted by atomic mass is 10.00. The summed E-state index contributed by atoms with van der Waals surface area (Å²) in [6.07, 6.45) is 4.58. The van der Waals surface area contributed by atoms with Gasteiger partial charge in [-0.15, -0.1) is 0 Å². The molecular formula is C40H42N8O6. The molecular weight excluding hydrogens is 688 g/mol. The molecule has 4 amide bonds. The van der Waals surface area contributed by atoms with Crippen molar-refractivity contribution < 1.29 is 28.7 Å². The van der Waals surface area contributed by atoms with Gasteiger partial charge in [-0.25, -0.2) is 19.6 Å². The smallest absolute Gasteiger partial charge is 0.407 e. The van der Waals surface area contributed by atoms with E-state index in [1.54, 1.807) is 0 Å². The summed E-state index contributed by atoms with van der Waals surface area (Å²) in [6, 6.07) is 20.4. The Bertz CT molecular complexity index is 2140. The molecule has 2 saturated carbocycles. The Morgan fingerprint density at radius 1 is 0.630 bits per heavy atom. The van der Waals surface area contributed by atoms with E-state index >= 15 is 0 Å². The summed E-state index contributed by atoms with van der Waals surface area (Å²) in [4.78, 5) is 71.4. The largest absolute Gasteiger partial charge is 0.453 e. The topological polar surface area (TPSA) is 175 Å². The van der Waals surface area contributed by atoms with Gasteiger partial charge >= 0.3 is 12.2 Å². The van der Waals surface area contributed by atoms with Gasteiger partial charge in [0.05, 0.1) is 48.4 Å². The molecule has 0 bridgehead atoms. The fourth-order valence-electron chi connectivity index (χ4n) is 8.25. The maximum absolute atomic E-state index is 13.6. The Kier molecular flexibility index (Phi) is 8.09. The number of H-pyrrole nitrogens is 2. The Labute approximate surface area is 311 Å². The van der Waals surface area contributed by atoms with Crippen molar-refractivity contribution in [1.29, 1.82) is 0 Å². The molecule has 0 spiro atoms. The van der Waals surface area contributed by atoms with Crippen molar-refractivity contribution in [2.75, 3.05) is 27.3 Å². The Morgan fingerprint density at radius 2 is 1.02 bits per heavy atom. The van der Waals surface area contributed by atoms with Gasteiger partial charge < -0.3 is 39.9 Å². The lowest BCUT2D eigenvalue weighted by molar-refractivity contribution is -0.136. The van der Waals surface area contributed by atoms with Gasteiger partial charge in [-0.05, 0) is 97.9 Å². The van der Waals surface area contributed by atoms with E-state index in [2.05, 4.69) is 69.1 Å². The second-order valence-electron chi connectivity index (χ2n) is 15.0. The first kappa shape index (κ1) is 33.9. The summed E-state index contributed by atoms with van der Waals surface area (Å²) >= 11 is 0. The van der Waals surface area contributed by atoms with Gasteiger partial charge in [0.2, 0.25) is 11.8 Å². The summed E-state index contributed by atoms with van der Waals surface area (Å²) < 4.78 is 9.53. The number of hydrogen-bond acceptors (Lipinski definition) is 8. The van der Waals surface area contributed by atoms with Gasteiger partial charge in [-0.3, -0.25) is 9.59 Å². The van der Waals surface area contributed by atoms with Crippen LogP contribution in [0.2, 0.25) is 0 Å². The number of hydrogen-bond donors (Lipinski definition) is 4. The highest BCUT2D eigenvalue weighted by Crippen LogP contribution is 2.44. The molecule has 2 aliphatic carbocycles. The molecule has 0 radical (unpaired) electrons. The highest BCUT2D eigenvalue weighted by atomic mass is 16.5. The summed E-state index contributed by atoms with van der Waals surface area (Å²) in [5.41, 5.74) is 5.92. The number of nitrogens with zero attached hydrogens (tertiary/aromatic N) is 4. The van der Waals surface area contributed by atoms with Crippen LogP contribution < -0.4 is 10.6 Å². The normalized spacial score (nSPS) is 20.9. The van der Waals surface area contributed by atoms with E-state index in [0.29, 0.717) is 38.8 Å². The van der Waals surface area contributed by atoms with E-state index in [1.165, 1.54) is 14.2 Å². The Balaban J connectivity index is 0.904. The number of likely N-dealkylation sites (tertiary alicyclic amines) is 2. The van der Waals surface area contributed by atoms with E-state index in [4.69, 9.17) is 19.4 Å². The maximum atomic E-state index is 13.6. The number of aromatic nitrogens is 4. The van der Waals surface area contributed by atoms with Crippen LogP contribution in [0.25, 0.3) is 44.3 Å². The molecule has 54 heavy (non-hydrogen) atoms. The molecule has 2 saturated heterocycles. The fraction of sp³-hybridized carbons (Fsp3) is 0.400. The SMILES string of the molecule is COC(=O)NC1(C(=O)N2CCC[C@H]2c2nc3ccc(-c4ccc(-c5ccc6nc([C@@H]7CCCN7C(=O)C7(NC(=O)OC)CC7)[nH]c6c5)cc4)cc3[nH]2)CC1. The molecule has 2 aliphatic heterocycles. The molecule has 0 unspecified atom stereocenters. The van der Waals surface area contributed by atoms with Crippen LogP contribution in [-0.2, 0) is 19.1 Å². The van der Waals surface area contributed by atoms with Crippen molar-refractivity contribution in [1.82, 2.24) is 40.4 Å². The van der Waals surface area contributed by atoms with Crippen molar-refractivity contribution in [2.24, 2.45) is 0 Å². The lowest BCUT2D eigenvalue weighted by Gasteiger charge is -2.28. The average Bonchev–Trinajstić information content (AvgIpc) is 3.78. The Hall–Kier alpha value is -5.92. The number of nitrogens with one attached hydrogen (secondary N) is 4. The number of imidazole rings is 2. The molecule has 278 valence electrons. The standard InChI is InChI=1S/C40H42N8O6/c1-53-37(51)45-39(15-16-39)35(49)47-19-3-5-31(47)33-41-27-13-11-25(21-29(27)43-33)23-7-9-24(10-8-23)26-12-14-28-30(22-26)44-34(42-28)32-6-4-20-48(32)36(50)40(17-18-40)46-38(52)54-2/h7-14,21-22,31-32H,3-6,15-20H2,1-2H3,(H,41,43)(H,42,44)(H,45,51)(H,46,52)/t31-,32-/m0/s1. The number of carbonyl (C=O) groups is 4. The summed E-state index contributed by atoms with van der Waals surface area (Å²) in [5, 5.41) is 5.51. The summed E-state index contributed by atoms with van der Waals surface area (Å²) in [7, 11) is 2.61. The molecule has 4 heterocycles. The minimum Gasteiger partial charge on any atom is -0.453 e. The number of amides is 4. The highest BCUT2D eigenvalue weighted by Gasteiger charge is 2.56. The molecule has 5 aromatic rings. The van der Waals surface area contributed by atoms with Gasteiger partial charge in [0.1, 0.15) is 22.7 Å². The van der Waals surface area contributed by atoms with E-state index in [0.717, 1.165) is 81.7 Å². The predicted molar refractivity (Wildman–Crippen MR) is 199 cm³/mol. The minimum absolute atomic E-state index is 0.0751. The number of benzene rings is 3. The number of rotatable bonds is 8. The van der Waals surface area contributed by atoms with Crippen LogP contribution >= 0.6 is 0 Å². The van der Waals surface area contributed by atoms with Crippen LogP contribution in [0.1, 0.15) is 75.1 Å². The molecule has 14 nitrogen and oxygen atoms in total. The third-order valence-corrected chi connectivity index (χ3v) is 11.6. The second-order valence-corrected chi connectivity index (χ2v) is 15.0. The predicted octanol–water partition coefficient (Wildman–Crippen LogP) is 5.88. The number of alkyl carbamates (subject to hydrolysis) is 2. The van der Waals surface area contributed by atoms with Crippen LogP contribution in [0.4, 0.5) is 9.59 Å². The zero-order chi connectivity index (χ0) is 37.2. The molecule has 4 fully saturated rings. The van der Waals surface area contributed by atoms with Gasteiger partial charge in [0.25, 0.3) is 0 Å². The third kappa shape index (κ3) is 5.89. The molecule has 4 N–H and O–H groups in total. The monoisotopic (exact) mass is 730 g/mol. The minimum atomic E-state index is -0.876. The van der Waals surface area contributed by atoms with Crippen LogP contribution in [0.5, 0.6) is 0 Å². The maximum Gasteiger partial charge on any atom is 0.407 e. The molecule has 2 aromatic heterocycles. The quantitative estimate of drug-likeness (QED) is 0.153. The number of methoxy groups -OCH3 is 2. The number of fused-ring (bicyclic) bond motifs is 2. The van der Waals surface area contributed by atoms with Crippen LogP contribution in [0.15, 0.2) is 60.7 Å². The first-order chi connectivity index (χ1) is 26.2. The van der Waals surface area contributed by atoms with Crippen molar-refractivity contribution in [3.8, 4) is 22.3 Å². The average molecular weight is 731 g/mol. The fourth-order valence-corrected chi connectivity index (χ4v) is 8.25. The lowest BCUT2D eigenvalue weighted by Crippen LogP contribution is -2.50. The van der Waals surface area contributed by atoms with E-state index in [9.17, 15) is 19.2 Å². The van der Waals surface area contributed by atoms with Crippen molar-refractivity contribution in [2.45, 2.75) is 74.5 Å². The first-order valence-corrected chi connectivity index (χ1v) is 18.6. The number of aromatic amines is 2. The van der Waals surface area contributed by atoms with Gasteiger partial charge in [0, 0.05) is 13.1 Å². The molecule has 3 aromatic carbocycles.